The van der Waals surface area contributed by atoms with Gasteiger partial charge in [0.2, 0.25) is 0 Å². The highest BCUT2D eigenvalue weighted by atomic mass is 15.2. The minimum atomic E-state index is 0.600. The van der Waals surface area contributed by atoms with Gasteiger partial charge in [0.15, 0.2) is 0 Å². The third kappa shape index (κ3) is 3.28. The predicted molar refractivity (Wildman–Crippen MR) is 112 cm³/mol. The summed E-state index contributed by atoms with van der Waals surface area (Å²) in [6.45, 7) is 3.58. The van der Waals surface area contributed by atoms with Gasteiger partial charge in [-0.15, -0.1) is 0 Å². The molecule has 0 amide bonds. The standard InChI is InChI=1S/C24H31N3/c25-20-10-8-18(9-11-20)21-13-17-14-24(22(21)16-26-15-17)27-12-4-7-23(27)19-5-2-1-3-6-19/h1-3,5-6,8-11,17,21-24,26H,4,7,12-16,25H2. The van der Waals surface area contributed by atoms with Crippen LogP contribution in [0.4, 0.5) is 5.69 Å². The highest BCUT2D eigenvalue weighted by molar-refractivity contribution is 5.40. The van der Waals surface area contributed by atoms with Crippen molar-refractivity contribution in [3.05, 3.63) is 65.7 Å². The van der Waals surface area contributed by atoms with Gasteiger partial charge in [-0.25, -0.2) is 0 Å². The molecule has 142 valence electrons. The monoisotopic (exact) mass is 361 g/mol. The molecule has 2 aromatic rings. The predicted octanol–water partition coefficient (Wildman–Crippen LogP) is 4.19. The number of nitrogens with two attached hydrogens (primary N) is 1. The smallest absolute Gasteiger partial charge is 0.0351 e. The minimum Gasteiger partial charge on any atom is -0.399 e. The molecular weight excluding hydrogens is 330 g/mol. The summed E-state index contributed by atoms with van der Waals surface area (Å²) in [4.78, 5) is 2.86. The van der Waals surface area contributed by atoms with Crippen LogP contribution in [0.15, 0.2) is 54.6 Å². The van der Waals surface area contributed by atoms with Gasteiger partial charge in [-0.1, -0.05) is 42.5 Å². The van der Waals surface area contributed by atoms with Gasteiger partial charge in [-0.2, -0.15) is 0 Å². The molecule has 3 heteroatoms. The number of hydrogen-bond acceptors (Lipinski definition) is 3. The van der Waals surface area contributed by atoms with E-state index in [0.29, 0.717) is 23.9 Å². The Morgan fingerprint density at radius 1 is 0.889 bits per heavy atom. The molecule has 3 saturated heterocycles. The van der Waals surface area contributed by atoms with E-state index < -0.39 is 0 Å². The first-order valence-electron chi connectivity index (χ1n) is 10.7. The second-order valence-electron chi connectivity index (χ2n) is 8.81. The van der Waals surface area contributed by atoms with Crippen LogP contribution in [0, 0.1) is 11.8 Å². The molecule has 0 radical (unpaired) electrons. The number of hydrogen-bond donors (Lipinski definition) is 2. The van der Waals surface area contributed by atoms with Crippen molar-refractivity contribution >= 4 is 5.69 Å². The number of nitrogens with one attached hydrogen (secondary N) is 1. The molecule has 3 N–H and O–H groups in total. The first-order chi connectivity index (χ1) is 13.3. The average Bonchev–Trinajstić information content (AvgIpc) is 3.00. The van der Waals surface area contributed by atoms with Crippen LogP contribution < -0.4 is 11.1 Å². The Morgan fingerprint density at radius 2 is 1.70 bits per heavy atom. The first kappa shape index (κ1) is 17.3. The topological polar surface area (TPSA) is 41.3 Å². The van der Waals surface area contributed by atoms with Gasteiger partial charge >= 0.3 is 0 Å². The Bertz CT molecular complexity index is 757. The number of benzene rings is 2. The lowest BCUT2D eigenvalue weighted by atomic mass is 9.69. The van der Waals surface area contributed by atoms with E-state index in [1.165, 1.54) is 49.9 Å². The van der Waals surface area contributed by atoms with E-state index >= 15 is 0 Å². The highest BCUT2D eigenvalue weighted by Gasteiger charge is 2.45. The maximum atomic E-state index is 5.95. The Labute approximate surface area is 162 Å². The number of likely N-dealkylation sites (tertiary alicyclic amines) is 1. The molecule has 27 heavy (non-hydrogen) atoms. The van der Waals surface area contributed by atoms with Gasteiger partial charge < -0.3 is 11.1 Å². The van der Waals surface area contributed by atoms with E-state index in [4.69, 9.17) is 5.73 Å². The normalized spacial score (nSPS) is 33.9. The average molecular weight is 362 g/mol. The van der Waals surface area contributed by atoms with Crippen LogP contribution in [0.2, 0.25) is 0 Å². The fraction of sp³-hybridized carbons (Fsp3) is 0.500. The Hall–Kier alpha value is -1.84. The number of nitrogen functional groups attached to an aromatic ring is 1. The van der Waals surface area contributed by atoms with E-state index in [-0.39, 0.29) is 0 Å². The molecule has 3 aliphatic heterocycles. The fourth-order valence-electron chi connectivity index (χ4n) is 6.04. The third-order valence-electron chi connectivity index (χ3n) is 7.26. The summed E-state index contributed by atoms with van der Waals surface area (Å²) >= 11 is 0. The summed E-state index contributed by atoms with van der Waals surface area (Å²) < 4.78 is 0. The summed E-state index contributed by atoms with van der Waals surface area (Å²) in [6.07, 6.45) is 5.31. The molecule has 2 aromatic carbocycles. The molecular formula is C24H31N3. The minimum absolute atomic E-state index is 0.600. The molecule has 6 rings (SSSR count). The van der Waals surface area contributed by atoms with Gasteiger partial charge in [0.1, 0.15) is 0 Å². The van der Waals surface area contributed by atoms with Gasteiger partial charge in [0.25, 0.3) is 0 Å². The van der Waals surface area contributed by atoms with Crippen molar-refractivity contribution in [1.82, 2.24) is 10.2 Å². The largest absolute Gasteiger partial charge is 0.399 e. The van der Waals surface area contributed by atoms with Crippen LogP contribution in [0.3, 0.4) is 0 Å². The van der Waals surface area contributed by atoms with Gasteiger partial charge in [0.05, 0.1) is 0 Å². The third-order valence-corrected chi connectivity index (χ3v) is 7.26. The zero-order chi connectivity index (χ0) is 18.2. The highest BCUT2D eigenvalue weighted by Crippen LogP contribution is 2.47. The van der Waals surface area contributed by atoms with Gasteiger partial charge in [0, 0.05) is 24.3 Å². The van der Waals surface area contributed by atoms with Crippen molar-refractivity contribution < 1.29 is 0 Å². The van der Waals surface area contributed by atoms with Crippen LogP contribution in [-0.2, 0) is 0 Å². The van der Waals surface area contributed by atoms with Crippen LogP contribution in [-0.4, -0.2) is 30.6 Å². The van der Waals surface area contributed by atoms with Crippen molar-refractivity contribution in [2.24, 2.45) is 11.8 Å². The van der Waals surface area contributed by atoms with Crippen molar-refractivity contribution in [2.75, 3.05) is 25.4 Å². The Morgan fingerprint density at radius 3 is 2.52 bits per heavy atom. The van der Waals surface area contributed by atoms with E-state index in [1.54, 1.807) is 0 Å². The van der Waals surface area contributed by atoms with Crippen molar-refractivity contribution in [3.63, 3.8) is 0 Å². The Kier molecular flexibility index (Phi) is 4.66. The molecule has 5 unspecified atom stereocenters. The van der Waals surface area contributed by atoms with E-state index in [1.807, 2.05) is 0 Å². The lowest BCUT2D eigenvalue weighted by Gasteiger charge is -2.45. The first-order valence-corrected chi connectivity index (χ1v) is 10.7. The molecule has 1 aliphatic carbocycles. The molecule has 5 atom stereocenters. The number of fused-ring (bicyclic) bond motifs is 4. The van der Waals surface area contributed by atoms with Crippen LogP contribution in [0.5, 0.6) is 0 Å². The molecule has 1 saturated carbocycles. The quantitative estimate of drug-likeness (QED) is 0.806. The second-order valence-corrected chi connectivity index (χ2v) is 8.81. The summed E-state index contributed by atoms with van der Waals surface area (Å²) in [5.74, 6) is 2.13. The molecule has 4 fully saturated rings. The number of rotatable bonds is 3. The van der Waals surface area contributed by atoms with Crippen LogP contribution in [0.1, 0.15) is 48.8 Å². The fourth-order valence-corrected chi connectivity index (χ4v) is 6.04. The maximum Gasteiger partial charge on any atom is 0.0351 e. The number of anilines is 1. The van der Waals surface area contributed by atoms with Crippen molar-refractivity contribution in [2.45, 2.75) is 43.7 Å². The molecule has 4 aliphatic rings. The molecule has 3 heterocycles. The lowest BCUT2D eigenvalue weighted by molar-refractivity contribution is 0.0714. The summed E-state index contributed by atoms with van der Waals surface area (Å²) in [7, 11) is 0. The van der Waals surface area contributed by atoms with Crippen LogP contribution in [0.25, 0.3) is 0 Å². The van der Waals surface area contributed by atoms with E-state index in [9.17, 15) is 0 Å². The second kappa shape index (κ2) is 7.29. The van der Waals surface area contributed by atoms with E-state index in [2.05, 4.69) is 64.8 Å². The van der Waals surface area contributed by atoms with Crippen molar-refractivity contribution in [1.29, 1.82) is 0 Å². The number of nitrogens with zero attached hydrogens (tertiary/aromatic N) is 1. The van der Waals surface area contributed by atoms with E-state index in [0.717, 1.165) is 18.2 Å². The SMILES string of the molecule is Nc1ccc(C2CC3CNCC2C(N2CCCC2c2ccccc2)C3)cc1. The summed E-state index contributed by atoms with van der Waals surface area (Å²) in [5.41, 5.74) is 9.82. The molecule has 0 spiro atoms. The molecule has 3 nitrogen and oxygen atoms in total. The molecule has 0 aromatic heterocycles. The zero-order valence-corrected chi connectivity index (χ0v) is 16.1. The summed E-state index contributed by atoms with van der Waals surface area (Å²) in [6, 6.07) is 21.2. The molecule has 2 bridgehead atoms. The van der Waals surface area contributed by atoms with Gasteiger partial charge in [-0.05, 0) is 79.8 Å². The summed E-state index contributed by atoms with van der Waals surface area (Å²) in [5, 5.41) is 3.78. The lowest BCUT2D eigenvalue weighted by Crippen LogP contribution is -2.47. The van der Waals surface area contributed by atoms with Crippen LogP contribution >= 0.6 is 0 Å². The Balaban J connectivity index is 1.45. The zero-order valence-electron chi connectivity index (χ0n) is 16.1. The van der Waals surface area contributed by atoms with Gasteiger partial charge in [-0.3, -0.25) is 4.90 Å². The maximum absolute atomic E-state index is 5.95. The van der Waals surface area contributed by atoms with Crippen molar-refractivity contribution in [3.8, 4) is 0 Å².